The van der Waals surface area contributed by atoms with Crippen molar-refractivity contribution in [2.45, 2.75) is 32.7 Å². The number of hydrogen-bond acceptors (Lipinski definition) is 6. The van der Waals surface area contributed by atoms with E-state index in [-0.39, 0.29) is 12.1 Å². The Morgan fingerprint density at radius 3 is 2.82 bits per heavy atom. The third-order valence-corrected chi connectivity index (χ3v) is 3.12. The number of aryl methyl sites for hydroxylation is 1. The van der Waals surface area contributed by atoms with Gasteiger partial charge in [0.15, 0.2) is 0 Å². The van der Waals surface area contributed by atoms with Gasteiger partial charge in [-0.3, -0.25) is 19.9 Å². The molecule has 8 nitrogen and oxygen atoms in total. The smallest absolute Gasteiger partial charge is 0.250 e. The van der Waals surface area contributed by atoms with Gasteiger partial charge in [-0.15, -0.1) is 0 Å². The summed E-state index contributed by atoms with van der Waals surface area (Å²) in [7, 11) is 0. The summed E-state index contributed by atoms with van der Waals surface area (Å²) in [4.78, 5) is 25.8. The highest BCUT2D eigenvalue weighted by molar-refractivity contribution is 6.00. The lowest BCUT2D eigenvalue weighted by molar-refractivity contribution is -0.504. The molecule has 1 aromatic rings. The second-order valence-electron chi connectivity index (χ2n) is 4.66. The van der Waals surface area contributed by atoms with E-state index >= 15 is 0 Å². The highest BCUT2D eigenvalue weighted by Crippen LogP contribution is 2.14. The van der Waals surface area contributed by atoms with Gasteiger partial charge in [-0.05, 0) is 30.2 Å². The van der Waals surface area contributed by atoms with Gasteiger partial charge in [0.25, 0.3) is 5.91 Å². The van der Waals surface area contributed by atoms with Crippen molar-refractivity contribution in [2.24, 2.45) is 10.9 Å². The first kappa shape index (κ1) is 17.3. The molecule has 8 heteroatoms. The first-order chi connectivity index (χ1) is 10.4. The first-order valence-electron chi connectivity index (χ1n) is 6.69. The van der Waals surface area contributed by atoms with Gasteiger partial charge in [-0.25, -0.2) is 0 Å². The third kappa shape index (κ3) is 4.37. The number of amides is 1. The van der Waals surface area contributed by atoms with E-state index in [9.17, 15) is 14.9 Å². The number of pyridine rings is 1. The molecule has 1 aromatic heterocycles. The van der Waals surface area contributed by atoms with Crippen LogP contribution in [-0.4, -0.2) is 32.8 Å². The molecule has 118 valence electrons. The number of carbonyl (C=O) groups excluding carboxylic acids is 1. The summed E-state index contributed by atoms with van der Waals surface area (Å²) in [6.07, 6.45) is 4.82. The molecule has 1 rings (SSSR count). The molecule has 0 unspecified atom stereocenters. The minimum Gasteiger partial charge on any atom is -0.411 e. The Morgan fingerprint density at radius 2 is 2.32 bits per heavy atom. The minimum atomic E-state index is -0.915. The van der Waals surface area contributed by atoms with Crippen LogP contribution in [0.1, 0.15) is 35.5 Å². The number of nitrogens with zero attached hydrogens (tertiary/aromatic N) is 3. The fourth-order valence-corrected chi connectivity index (χ4v) is 1.90. The number of nitrogens with two attached hydrogens (primary N) is 1. The lowest BCUT2D eigenvalue weighted by Gasteiger charge is -2.09. The van der Waals surface area contributed by atoms with Crippen molar-refractivity contribution in [3.63, 3.8) is 0 Å². The van der Waals surface area contributed by atoms with Gasteiger partial charge in [-0.2, -0.15) is 0 Å². The summed E-state index contributed by atoms with van der Waals surface area (Å²) in [6, 6.07) is 0.784. The standard InChI is InChI=1S/C14H18N4O4/c1-3-10-6-7-16-12(13(10)14(15)19)8-11(17-20)5-4-9(2)18(21)22/h4-7,9,20H,3,8H2,1-2H3,(H2,15,19)/b5-4+,17-11-/t9-/m0/s1. The van der Waals surface area contributed by atoms with E-state index in [2.05, 4.69) is 10.1 Å². The molecule has 0 fully saturated rings. The molecule has 0 radical (unpaired) electrons. The highest BCUT2D eigenvalue weighted by atomic mass is 16.6. The second-order valence-corrected chi connectivity index (χ2v) is 4.66. The molecule has 1 atom stereocenters. The molecular weight excluding hydrogens is 288 g/mol. The van der Waals surface area contributed by atoms with Crippen LogP contribution in [-0.2, 0) is 12.8 Å². The molecule has 0 aliphatic rings. The van der Waals surface area contributed by atoms with Crippen LogP contribution < -0.4 is 5.73 Å². The number of carbonyl (C=O) groups is 1. The number of nitro groups is 1. The van der Waals surface area contributed by atoms with Crippen molar-refractivity contribution >= 4 is 11.6 Å². The normalized spacial score (nSPS) is 13.3. The van der Waals surface area contributed by atoms with Crippen molar-refractivity contribution < 1.29 is 14.9 Å². The van der Waals surface area contributed by atoms with E-state index in [0.29, 0.717) is 17.7 Å². The zero-order valence-corrected chi connectivity index (χ0v) is 12.4. The number of rotatable bonds is 7. The van der Waals surface area contributed by atoms with E-state index in [1.807, 2.05) is 6.92 Å². The zero-order valence-electron chi connectivity index (χ0n) is 12.4. The Morgan fingerprint density at radius 1 is 1.64 bits per heavy atom. The number of aromatic nitrogens is 1. The van der Waals surface area contributed by atoms with Crippen LogP contribution in [0.15, 0.2) is 29.6 Å². The van der Waals surface area contributed by atoms with E-state index in [4.69, 9.17) is 10.9 Å². The van der Waals surface area contributed by atoms with Gasteiger partial charge in [0.2, 0.25) is 6.04 Å². The molecule has 3 N–H and O–H groups in total. The van der Waals surface area contributed by atoms with Crippen molar-refractivity contribution in [3.05, 3.63) is 51.4 Å². The number of primary amides is 1. The maximum atomic E-state index is 11.6. The van der Waals surface area contributed by atoms with E-state index < -0.39 is 16.9 Å². The fourth-order valence-electron chi connectivity index (χ4n) is 1.90. The predicted molar refractivity (Wildman–Crippen MR) is 80.7 cm³/mol. The van der Waals surface area contributed by atoms with Gasteiger partial charge in [0.1, 0.15) is 0 Å². The van der Waals surface area contributed by atoms with Crippen molar-refractivity contribution in [1.29, 1.82) is 0 Å². The summed E-state index contributed by atoms with van der Waals surface area (Å²) >= 11 is 0. The Bertz CT molecular complexity index is 625. The van der Waals surface area contributed by atoms with Crippen LogP contribution in [0.4, 0.5) is 0 Å². The molecule has 1 amide bonds. The zero-order chi connectivity index (χ0) is 16.7. The van der Waals surface area contributed by atoms with Gasteiger partial charge in [0, 0.05) is 24.5 Å². The van der Waals surface area contributed by atoms with Gasteiger partial charge >= 0.3 is 0 Å². The molecule has 0 aliphatic heterocycles. The monoisotopic (exact) mass is 306 g/mol. The minimum absolute atomic E-state index is 0.0452. The second kappa shape index (κ2) is 7.87. The Hall–Kier alpha value is -2.77. The SMILES string of the molecule is CCc1ccnc(CC(/C=C/[C@H](C)[N+](=O)[O-])=N\O)c1C(N)=O. The molecule has 0 saturated carbocycles. The maximum Gasteiger partial charge on any atom is 0.250 e. The topological polar surface area (TPSA) is 132 Å². The van der Waals surface area contributed by atoms with Crippen LogP contribution in [0.25, 0.3) is 0 Å². The predicted octanol–water partition coefficient (Wildman–Crippen LogP) is 1.34. The number of allylic oxidation sites excluding steroid dienone is 1. The maximum absolute atomic E-state index is 11.6. The summed E-state index contributed by atoms with van der Waals surface area (Å²) in [6.45, 7) is 3.28. The molecule has 1 heterocycles. The van der Waals surface area contributed by atoms with Crippen molar-refractivity contribution in [1.82, 2.24) is 4.98 Å². The molecule has 0 aliphatic carbocycles. The molecule has 0 bridgehead atoms. The largest absolute Gasteiger partial charge is 0.411 e. The van der Waals surface area contributed by atoms with Crippen LogP contribution in [0.5, 0.6) is 0 Å². The highest BCUT2D eigenvalue weighted by Gasteiger charge is 2.16. The third-order valence-electron chi connectivity index (χ3n) is 3.12. The Labute approximate surface area is 127 Å². The summed E-state index contributed by atoms with van der Waals surface area (Å²) in [5.41, 5.74) is 6.95. The molecule has 0 saturated heterocycles. The first-order valence-corrected chi connectivity index (χ1v) is 6.69. The van der Waals surface area contributed by atoms with E-state index in [1.54, 1.807) is 12.3 Å². The van der Waals surface area contributed by atoms with Crippen LogP contribution in [0, 0.1) is 10.1 Å². The summed E-state index contributed by atoms with van der Waals surface area (Å²) < 4.78 is 0. The summed E-state index contributed by atoms with van der Waals surface area (Å²) in [5, 5.41) is 22.7. The Kier molecular flexibility index (Phi) is 6.18. The number of hydrogen-bond donors (Lipinski definition) is 2. The molecule has 0 spiro atoms. The van der Waals surface area contributed by atoms with Crippen molar-refractivity contribution in [2.75, 3.05) is 0 Å². The van der Waals surface area contributed by atoms with Crippen LogP contribution >= 0.6 is 0 Å². The Balaban J connectivity index is 3.07. The molecule has 22 heavy (non-hydrogen) atoms. The van der Waals surface area contributed by atoms with Crippen molar-refractivity contribution in [3.8, 4) is 0 Å². The molecular formula is C14H18N4O4. The van der Waals surface area contributed by atoms with E-state index in [1.165, 1.54) is 19.1 Å². The van der Waals surface area contributed by atoms with Gasteiger partial charge < -0.3 is 10.9 Å². The lowest BCUT2D eigenvalue weighted by Crippen LogP contribution is -2.19. The number of oxime groups is 1. The van der Waals surface area contributed by atoms with E-state index in [0.717, 1.165) is 5.56 Å². The van der Waals surface area contributed by atoms with Gasteiger partial charge in [0.05, 0.1) is 17.0 Å². The molecule has 0 aromatic carbocycles. The van der Waals surface area contributed by atoms with Gasteiger partial charge in [-0.1, -0.05) is 12.1 Å². The fraction of sp³-hybridized carbons (Fsp3) is 0.357. The van der Waals surface area contributed by atoms with Crippen LogP contribution in [0.3, 0.4) is 0 Å². The summed E-state index contributed by atoms with van der Waals surface area (Å²) in [5.74, 6) is -0.611. The average Bonchev–Trinajstić information content (AvgIpc) is 2.49. The van der Waals surface area contributed by atoms with Crippen LogP contribution in [0.2, 0.25) is 0 Å². The lowest BCUT2D eigenvalue weighted by atomic mass is 10.00. The average molecular weight is 306 g/mol. The quantitative estimate of drug-likeness (QED) is 0.339.